The van der Waals surface area contributed by atoms with Crippen LogP contribution in [0.1, 0.15) is 17.6 Å². The van der Waals surface area contributed by atoms with E-state index >= 15 is 0 Å². The summed E-state index contributed by atoms with van der Waals surface area (Å²) in [6, 6.07) is 1.91. The Bertz CT molecular complexity index is 253. The van der Waals surface area contributed by atoms with E-state index in [4.69, 9.17) is 9.26 Å². The average molecular weight is 168 g/mol. The minimum Gasteiger partial charge on any atom is -0.369 e. The molecule has 0 radical (unpaired) electrons. The second-order valence-electron chi connectivity index (χ2n) is 2.93. The highest BCUT2D eigenvalue weighted by molar-refractivity contribution is 5.07. The zero-order valence-electron chi connectivity index (χ0n) is 7.04. The normalized spacial score (nSPS) is 24.2. The van der Waals surface area contributed by atoms with E-state index in [1.807, 2.05) is 13.0 Å². The van der Waals surface area contributed by atoms with Gasteiger partial charge in [0.2, 0.25) is 0 Å². The molecule has 0 bridgehead atoms. The van der Waals surface area contributed by atoms with Gasteiger partial charge in [-0.2, -0.15) is 0 Å². The van der Waals surface area contributed by atoms with Crippen LogP contribution in [0.3, 0.4) is 0 Å². The molecular formula is C8H12N2O2. The molecule has 0 aromatic carbocycles. The van der Waals surface area contributed by atoms with Crippen molar-refractivity contribution >= 4 is 0 Å². The van der Waals surface area contributed by atoms with Crippen molar-refractivity contribution in [1.82, 2.24) is 10.5 Å². The zero-order chi connectivity index (χ0) is 8.39. The Morgan fingerprint density at radius 3 is 3.17 bits per heavy atom. The first-order valence-electron chi connectivity index (χ1n) is 4.12. The maximum absolute atomic E-state index is 5.49. The second kappa shape index (κ2) is 3.25. The van der Waals surface area contributed by atoms with Gasteiger partial charge in [-0.25, -0.2) is 0 Å². The Hall–Kier alpha value is -0.870. The van der Waals surface area contributed by atoms with E-state index in [0.717, 1.165) is 31.2 Å². The SMILES string of the molecule is Cc1cc([C@H]2CNCCO2)no1. The highest BCUT2D eigenvalue weighted by Crippen LogP contribution is 2.17. The van der Waals surface area contributed by atoms with Crippen molar-refractivity contribution in [2.45, 2.75) is 13.0 Å². The Morgan fingerprint density at radius 2 is 2.58 bits per heavy atom. The van der Waals surface area contributed by atoms with Crippen molar-refractivity contribution in [2.24, 2.45) is 0 Å². The summed E-state index contributed by atoms with van der Waals surface area (Å²) >= 11 is 0. The molecule has 12 heavy (non-hydrogen) atoms. The van der Waals surface area contributed by atoms with E-state index in [0.29, 0.717) is 0 Å². The van der Waals surface area contributed by atoms with Crippen LogP contribution < -0.4 is 5.32 Å². The molecule has 0 unspecified atom stereocenters. The summed E-state index contributed by atoms with van der Waals surface area (Å²) in [5.41, 5.74) is 0.889. The fourth-order valence-electron chi connectivity index (χ4n) is 1.29. The van der Waals surface area contributed by atoms with Crippen molar-refractivity contribution < 1.29 is 9.26 Å². The fourth-order valence-corrected chi connectivity index (χ4v) is 1.29. The van der Waals surface area contributed by atoms with Crippen LogP contribution in [0.5, 0.6) is 0 Å². The third-order valence-corrected chi connectivity index (χ3v) is 1.90. The van der Waals surface area contributed by atoms with Gasteiger partial charge in [-0.15, -0.1) is 0 Å². The lowest BCUT2D eigenvalue weighted by Gasteiger charge is -2.21. The van der Waals surface area contributed by atoms with E-state index in [-0.39, 0.29) is 6.10 Å². The Balaban J connectivity index is 2.08. The van der Waals surface area contributed by atoms with Gasteiger partial charge in [0.25, 0.3) is 0 Å². The lowest BCUT2D eigenvalue weighted by atomic mass is 10.2. The van der Waals surface area contributed by atoms with Gasteiger partial charge in [0.1, 0.15) is 17.6 Å². The number of nitrogens with zero attached hydrogens (tertiary/aromatic N) is 1. The van der Waals surface area contributed by atoms with Crippen LogP contribution in [-0.4, -0.2) is 24.9 Å². The van der Waals surface area contributed by atoms with Gasteiger partial charge in [0.05, 0.1) is 6.61 Å². The number of hydrogen-bond donors (Lipinski definition) is 1. The first-order valence-corrected chi connectivity index (χ1v) is 4.12. The molecule has 4 heteroatoms. The molecule has 0 saturated carbocycles. The average Bonchev–Trinajstić information content (AvgIpc) is 2.54. The minimum atomic E-state index is 0.0659. The van der Waals surface area contributed by atoms with E-state index in [1.54, 1.807) is 0 Å². The monoisotopic (exact) mass is 168 g/mol. The summed E-state index contributed by atoms with van der Waals surface area (Å²) in [5, 5.41) is 7.14. The van der Waals surface area contributed by atoms with Crippen LogP contribution in [-0.2, 0) is 4.74 Å². The standard InChI is InChI=1S/C8H12N2O2/c1-6-4-7(10-12-6)8-5-9-2-3-11-8/h4,8-9H,2-3,5H2,1H3/t8-/m1/s1. The molecule has 1 aliphatic rings. The summed E-state index contributed by atoms with van der Waals surface area (Å²) < 4.78 is 10.5. The predicted octanol–water partition coefficient (Wildman–Crippen LogP) is 0.644. The molecule has 2 rings (SSSR count). The molecule has 0 spiro atoms. The maximum atomic E-state index is 5.49. The van der Waals surface area contributed by atoms with Gasteiger partial charge < -0.3 is 14.6 Å². The molecule has 1 atom stereocenters. The van der Waals surface area contributed by atoms with Gasteiger partial charge in [0.15, 0.2) is 0 Å². The lowest BCUT2D eigenvalue weighted by molar-refractivity contribution is 0.0232. The molecule has 4 nitrogen and oxygen atoms in total. The molecule has 1 aromatic rings. The lowest BCUT2D eigenvalue weighted by Crippen LogP contribution is -2.33. The van der Waals surface area contributed by atoms with Crippen LogP contribution in [0.2, 0.25) is 0 Å². The van der Waals surface area contributed by atoms with Crippen LogP contribution in [0.25, 0.3) is 0 Å². The van der Waals surface area contributed by atoms with Crippen molar-refractivity contribution in [2.75, 3.05) is 19.7 Å². The Morgan fingerprint density at radius 1 is 1.67 bits per heavy atom. The van der Waals surface area contributed by atoms with Gasteiger partial charge >= 0.3 is 0 Å². The molecule has 1 aromatic heterocycles. The number of ether oxygens (including phenoxy) is 1. The highest BCUT2D eigenvalue weighted by atomic mass is 16.5. The first kappa shape index (κ1) is 7.76. The number of morpholine rings is 1. The van der Waals surface area contributed by atoms with Crippen molar-refractivity contribution in [3.63, 3.8) is 0 Å². The van der Waals surface area contributed by atoms with Crippen molar-refractivity contribution in [1.29, 1.82) is 0 Å². The smallest absolute Gasteiger partial charge is 0.134 e. The van der Waals surface area contributed by atoms with E-state index in [9.17, 15) is 0 Å². The molecule has 1 saturated heterocycles. The zero-order valence-corrected chi connectivity index (χ0v) is 7.04. The van der Waals surface area contributed by atoms with Crippen molar-refractivity contribution in [3.8, 4) is 0 Å². The van der Waals surface area contributed by atoms with Crippen LogP contribution >= 0.6 is 0 Å². The van der Waals surface area contributed by atoms with Gasteiger partial charge in [-0.3, -0.25) is 0 Å². The first-order chi connectivity index (χ1) is 5.86. The Kier molecular flexibility index (Phi) is 2.10. The van der Waals surface area contributed by atoms with E-state index in [1.165, 1.54) is 0 Å². The van der Waals surface area contributed by atoms with Gasteiger partial charge in [-0.1, -0.05) is 5.16 Å². The Labute approximate surface area is 70.9 Å². The number of nitrogens with one attached hydrogen (secondary N) is 1. The minimum absolute atomic E-state index is 0.0659. The van der Waals surface area contributed by atoms with Crippen molar-refractivity contribution in [3.05, 3.63) is 17.5 Å². The summed E-state index contributed by atoms with van der Waals surface area (Å²) in [5.74, 6) is 0.833. The van der Waals surface area contributed by atoms with Crippen LogP contribution in [0.4, 0.5) is 0 Å². The largest absolute Gasteiger partial charge is 0.369 e. The predicted molar refractivity (Wildman–Crippen MR) is 42.8 cm³/mol. The molecular weight excluding hydrogens is 156 g/mol. The summed E-state index contributed by atoms with van der Waals surface area (Å²) in [6.45, 7) is 4.38. The second-order valence-corrected chi connectivity index (χ2v) is 2.93. The summed E-state index contributed by atoms with van der Waals surface area (Å²) in [6.07, 6.45) is 0.0659. The van der Waals surface area contributed by atoms with Gasteiger partial charge in [-0.05, 0) is 6.92 Å². The maximum Gasteiger partial charge on any atom is 0.134 e. The molecule has 1 aliphatic heterocycles. The van der Waals surface area contributed by atoms with Gasteiger partial charge in [0, 0.05) is 19.2 Å². The van der Waals surface area contributed by atoms with Crippen LogP contribution in [0, 0.1) is 6.92 Å². The number of rotatable bonds is 1. The topological polar surface area (TPSA) is 47.3 Å². The fraction of sp³-hybridized carbons (Fsp3) is 0.625. The summed E-state index contributed by atoms with van der Waals surface area (Å²) in [4.78, 5) is 0. The third-order valence-electron chi connectivity index (χ3n) is 1.90. The highest BCUT2D eigenvalue weighted by Gasteiger charge is 2.18. The summed E-state index contributed by atoms with van der Waals surface area (Å²) in [7, 11) is 0. The quantitative estimate of drug-likeness (QED) is 0.668. The third kappa shape index (κ3) is 1.49. The number of aryl methyl sites for hydroxylation is 1. The number of hydrogen-bond acceptors (Lipinski definition) is 4. The molecule has 2 heterocycles. The molecule has 0 amide bonds. The van der Waals surface area contributed by atoms with Crippen LogP contribution in [0.15, 0.2) is 10.6 Å². The van der Waals surface area contributed by atoms with E-state index in [2.05, 4.69) is 10.5 Å². The number of aromatic nitrogens is 1. The molecule has 0 aliphatic carbocycles. The molecule has 66 valence electrons. The van der Waals surface area contributed by atoms with E-state index < -0.39 is 0 Å². The molecule has 1 N–H and O–H groups in total. The molecule has 1 fully saturated rings.